The smallest absolute Gasteiger partial charge is 0.309 e. The van der Waals surface area contributed by atoms with Crippen molar-refractivity contribution in [3.63, 3.8) is 0 Å². The van der Waals surface area contributed by atoms with Crippen molar-refractivity contribution in [2.24, 2.45) is 11.8 Å². The highest BCUT2D eigenvalue weighted by Gasteiger charge is 2.38. The number of pyridine rings is 1. The van der Waals surface area contributed by atoms with Crippen LogP contribution in [0.5, 0.6) is 0 Å². The maximum Gasteiger partial charge on any atom is 0.309 e. The molecule has 7 nitrogen and oxygen atoms in total. The third-order valence-electron chi connectivity index (χ3n) is 8.19. The minimum absolute atomic E-state index is 0.223. The molecule has 37 heavy (non-hydrogen) atoms. The number of rotatable bonds is 20. The number of anilines is 1. The molecule has 0 aliphatic heterocycles. The molecule has 0 aromatic carbocycles. The van der Waals surface area contributed by atoms with Crippen molar-refractivity contribution in [1.82, 2.24) is 4.98 Å². The fourth-order valence-electron chi connectivity index (χ4n) is 5.89. The Bertz CT molecular complexity index is 776. The number of nitrogens with zero attached hydrogens (tertiary/aromatic N) is 1. The van der Waals surface area contributed by atoms with E-state index in [1.54, 1.807) is 6.20 Å². The van der Waals surface area contributed by atoms with Gasteiger partial charge in [-0.2, -0.15) is 0 Å². The largest absolute Gasteiger partial charge is 0.481 e. The van der Waals surface area contributed by atoms with Crippen LogP contribution in [0.1, 0.15) is 122 Å². The van der Waals surface area contributed by atoms with Crippen molar-refractivity contribution in [3.8, 4) is 0 Å². The molecular weight excluding hydrogens is 468 g/mol. The summed E-state index contributed by atoms with van der Waals surface area (Å²) in [5.41, 5.74) is 6.04. The summed E-state index contributed by atoms with van der Waals surface area (Å²) >= 11 is 0. The zero-order valence-corrected chi connectivity index (χ0v) is 23.0. The number of unbranched alkanes of at least 4 members (excludes halogenated alkanes) is 7. The van der Waals surface area contributed by atoms with Crippen LogP contribution in [0.3, 0.4) is 0 Å². The van der Waals surface area contributed by atoms with Crippen molar-refractivity contribution < 1.29 is 25.2 Å². The lowest BCUT2D eigenvalue weighted by molar-refractivity contribution is -0.146. The van der Waals surface area contributed by atoms with Crippen molar-refractivity contribution in [1.29, 1.82) is 0 Å². The zero-order chi connectivity index (χ0) is 27.1. The molecule has 1 aliphatic rings. The summed E-state index contributed by atoms with van der Waals surface area (Å²) < 4.78 is 0. The van der Waals surface area contributed by atoms with Gasteiger partial charge in [-0.1, -0.05) is 64.7 Å². The van der Waals surface area contributed by atoms with Crippen molar-refractivity contribution in [2.75, 3.05) is 5.73 Å². The summed E-state index contributed by atoms with van der Waals surface area (Å²) in [5.74, 6) is -0.912. The average Bonchev–Trinajstić information content (AvgIpc) is 3.22. The number of nitrogen functional groups attached to an aromatic ring is 1. The van der Waals surface area contributed by atoms with E-state index in [1.165, 1.54) is 25.7 Å². The summed E-state index contributed by atoms with van der Waals surface area (Å²) in [4.78, 5) is 15.8. The molecule has 7 heteroatoms. The standard InChI is InChI=1S/C30H52N2O5/c1-2-3-4-5-8-11-25(33)12-9-6-7-10-13-26(29(35)36)27(34)15-18-30(37)17-14-24(22-30)20-23-16-19-32-28(31)21-23/h16,19,21,24-27,33-34,37H,2-15,17-18,20,22H2,1H3,(H2,31,32)(H,35,36). The summed E-state index contributed by atoms with van der Waals surface area (Å²) in [6.07, 6.45) is 16.1. The fraction of sp³-hybridized carbons (Fsp3) is 0.800. The number of hydrogen-bond acceptors (Lipinski definition) is 6. The van der Waals surface area contributed by atoms with Crippen LogP contribution in [0.2, 0.25) is 0 Å². The highest BCUT2D eigenvalue weighted by Crippen LogP contribution is 2.40. The number of aromatic nitrogens is 1. The van der Waals surface area contributed by atoms with Gasteiger partial charge in [-0.05, 0) is 81.4 Å². The van der Waals surface area contributed by atoms with Gasteiger partial charge in [0.1, 0.15) is 5.82 Å². The number of carbonyl (C=O) groups is 1. The molecule has 1 aromatic heterocycles. The van der Waals surface area contributed by atoms with Gasteiger partial charge in [0, 0.05) is 6.20 Å². The Hall–Kier alpha value is -1.70. The quantitative estimate of drug-likeness (QED) is 0.140. The van der Waals surface area contributed by atoms with Gasteiger partial charge in [0.25, 0.3) is 0 Å². The first-order valence-corrected chi connectivity index (χ1v) is 14.7. The molecule has 5 unspecified atom stereocenters. The lowest BCUT2D eigenvalue weighted by Crippen LogP contribution is -2.32. The van der Waals surface area contributed by atoms with Gasteiger partial charge in [-0.15, -0.1) is 0 Å². The van der Waals surface area contributed by atoms with Gasteiger partial charge >= 0.3 is 5.97 Å². The van der Waals surface area contributed by atoms with Crippen molar-refractivity contribution >= 4 is 11.8 Å². The summed E-state index contributed by atoms with van der Waals surface area (Å²) in [7, 11) is 0. The van der Waals surface area contributed by atoms with Crippen LogP contribution in [0.15, 0.2) is 18.3 Å². The Kier molecular flexibility index (Phi) is 14.5. The van der Waals surface area contributed by atoms with E-state index in [-0.39, 0.29) is 6.10 Å². The highest BCUT2D eigenvalue weighted by atomic mass is 16.4. The molecule has 1 fully saturated rings. The monoisotopic (exact) mass is 520 g/mol. The van der Waals surface area contributed by atoms with Crippen molar-refractivity contribution in [3.05, 3.63) is 23.9 Å². The molecule has 0 spiro atoms. The number of hydrogen-bond donors (Lipinski definition) is 5. The van der Waals surface area contributed by atoms with Gasteiger partial charge < -0.3 is 26.2 Å². The Balaban J connectivity index is 1.62. The van der Waals surface area contributed by atoms with E-state index in [9.17, 15) is 25.2 Å². The van der Waals surface area contributed by atoms with Gasteiger partial charge in [0.2, 0.25) is 0 Å². The second kappa shape index (κ2) is 17.0. The molecule has 5 atom stereocenters. The normalized spacial score (nSPS) is 22.1. The molecule has 0 radical (unpaired) electrons. The lowest BCUT2D eigenvalue weighted by Gasteiger charge is -2.26. The molecule has 212 valence electrons. The lowest BCUT2D eigenvalue weighted by atomic mass is 9.86. The number of nitrogens with two attached hydrogens (primary N) is 1. The number of aliphatic carboxylic acids is 1. The van der Waals surface area contributed by atoms with Gasteiger partial charge in [-0.25, -0.2) is 4.98 Å². The van der Waals surface area contributed by atoms with Crippen LogP contribution in [-0.2, 0) is 11.2 Å². The van der Waals surface area contributed by atoms with Crippen LogP contribution in [-0.4, -0.2) is 49.2 Å². The first-order chi connectivity index (χ1) is 17.7. The van der Waals surface area contributed by atoms with E-state index in [4.69, 9.17) is 5.73 Å². The van der Waals surface area contributed by atoms with E-state index in [0.29, 0.717) is 43.8 Å². The number of aliphatic hydroxyl groups excluding tert-OH is 2. The van der Waals surface area contributed by atoms with E-state index < -0.39 is 23.6 Å². The van der Waals surface area contributed by atoms with Gasteiger partial charge in [-0.3, -0.25) is 4.79 Å². The molecule has 1 heterocycles. The number of carboxylic acids is 1. The molecule has 0 amide bonds. The molecule has 1 saturated carbocycles. The van der Waals surface area contributed by atoms with E-state index >= 15 is 0 Å². The summed E-state index contributed by atoms with van der Waals surface area (Å²) in [6, 6.07) is 3.82. The first kappa shape index (κ1) is 31.5. The molecular formula is C30H52N2O5. The maximum atomic E-state index is 11.8. The number of carboxylic acid groups (broad SMARTS) is 1. The Labute approximate surface area is 223 Å². The molecule has 1 aromatic rings. The van der Waals surface area contributed by atoms with Crippen LogP contribution >= 0.6 is 0 Å². The highest BCUT2D eigenvalue weighted by molar-refractivity contribution is 5.70. The van der Waals surface area contributed by atoms with E-state index in [0.717, 1.165) is 63.4 Å². The first-order valence-electron chi connectivity index (χ1n) is 14.7. The third kappa shape index (κ3) is 12.6. The SMILES string of the molecule is CCCCCCCC(O)CCCCCCC(C(=O)O)C(O)CCC1(O)CCC(Cc2ccnc(N)c2)C1. The molecule has 1 aliphatic carbocycles. The predicted molar refractivity (Wildman–Crippen MR) is 148 cm³/mol. The van der Waals surface area contributed by atoms with Crippen LogP contribution in [0, 0.1) is 11.8 Å². The second-order valence-electron chi connectivity index (χ2n) is 11.5. The molecule has 0 saturated heterocycles. The third-order valence-corrected chi connectivity index (χ3v) is 8.19. The Morgan fingerprint density at radius 2 is 1.70 bits per heavy atom. The summed E-state index contributed by atoms with van der Waals surface area (Å²) in [5, 5.41) is 41.5. The minimum Gasteiger partial charge on any atom is -0.481 e. The average molecular weight is 521 g/mol. The maximum absolute atomic E-state index is 11.8. The minimum atomic E-state index is -0.961. The van der Waals surface area contributed by atoms with Gasteiger partial charge in [0.15, 0.2) is 0 Å². The van der Waals surface area contributed by atoms with Crippen LogP contribution in [0.25, 0.3) is 0 Å². The predicted octanol–water partition coefficient (Wildman–Crippen LogP) is 5.64. The fourth-order valence-corrected chi connectivity index (χ4v) is 5.89. The Morgan fingerprint density at radius 3 is 2.32 bits per heavy atom. The second-order valence-corrected chi connectivity index (χ2v) is 11.5. The summed E-state index contributed by atoms with van der Waals surface area (Å²) in [6.45, 7) is 2.20. The van der Waals surface area contributed by atoms with Crippen molar-refractivity contribution in [2.45, 2.75) is 140 Å². The van der Waals surface area contributed by atoms with Crippen LogP contribution in [0.4, 0.5) is 5.82 Å². The van der Waals surface area contributed by atoms with E-state index in [1.807, 2.05) is 12.1 Å². The molecule has 0 bridgehead atoms. The molecule has 6 N–H and O–H groups in total. The molecule has 2 rings (SSSR count). The Morgan fingerprint density at radius 1 is 1.05 bits per heavy atom. The zero-order valence-electron chi connectivity index (χ0n) is 23.0. The van der Waals surface area contributed by atoms with Gasteiger partial charge in [0.05, 0.1) is 23.7 Å². The topological polar surface area (TPSA) is 137 Å². The van der Waals surface area contributed by atoms with Crippen LogP contribution < -0.4 is 5.73 Å². The van der Waals surface area contributed by atoms with E-state index in [2.05, 4.69) is 11.9 Å². The number of aliphatic hydroxyl groups is 3.